The zero-order valence-electron chi connectivity index (χ0n) is 23.1. The average Bonchev–Trinajstić information content (AvgIpc) is 3.50. The van der Waals surface area contributed by atoms with E-state index in [1.807, 2.05) is 65.6 Å². The minimum Gasteiger partial charge on any atom is -0.378 e. The molecule has 3 aromatic rings. The lowest BCUT2D eigenvalue weighted by atomic mass is 9.79. The van der Waals surface area contributed by atoms with Crippen molar-refractivity contribution in [1.29, 1.82) is 0 Å². The van der Waals surface area contributed by atoms with Crippen molar-refractivity contribution < 1.29 is 9.90 Å². The third-order valence-electron chi connectivity index (χ3n) is 8.90. The van der Waals surface area contributed by atoms with Crippen molar-refractivity contribution in [3.63, 3.8) is 0 Å². The van der Waals surface area contributed by atoms with Crippen molar-refractivity contribution in [3.05, 3.63) is 108 Å². The Morgan fingerprint density at radius 2 is 1.44 bits per heavy atom. The first-order chi connectivity index (χ1) is 19.1. The molecule has 0 bridgehead atoms. The summed E-state index contributed by atoms with van der Waals surface area (Å²) in [6.45, 7) is 3.91. The summed E-state index contributed by atoms with van der Waals surface area (Å²) in [5.41, 5.74) is 1.74. The number of carbonyl (C=O) groups is 1. The molecule has 2 atom stereocenters. The zero-order chi connectivity index (χ0) is 27.1. The molecule has 2 fully saturated rings. The van der Waals surface area contributed by atoms with Gasteiger partial charge in [0, 0.05) is 18.6 Å². The Morgan fingerprint density at radius 1 is 0.872 bits per heavy atom. The minimum atomic E-state index is -1.25. The summed E-state index contributed by atoms with van der Waals surface area (Å²) in [6.07, 6.45) is 7.17. The summed E-state index contributed by atoms with van der Waals surface area (Å²) in [5.74, 6) is 0.703. The van der Waals surface area contributed by atoms with Crippen LogP contribution < -0.4 is 10.6 Å². The van der Waals surface area contributed by atoms with Gasteiger partial charge in [-0.3, -0.25) is 0 Å². The first-order valence-corrected chi connectivity index (χ1v) is 14.7. The topological polar surface area (TPSA) is 64.6 Å². The Hall–Kier alpha value is -3.15. The molecule has 206 valence electrons. The lowest BCUT2D eigenvalue weighted by Crippen LogP contribution is -2.54. The van der Waals surface area contributed by atoms with Gasteiger partial charge >= 0.3 is 6.03 Å². The third-order valence-corrected chi connectivity index (χ3v) is 8.90. The van der Waals surface area contributed by atoms with Crippen molar-refractivity contribution in [1.82, 2.24) is 15.5 Å². The first kappa shape index (κ1) is 27.4. The minimum absolute atomic E-state index is 0.0374. The second-order valence-electron chi connectivity index (χ2n) is 11.4. The van der Waals surface area contributed by atoms with Crippen LogP contribution in [0.4, 0.5) is 4.79 Å². The van der Waals surface area contributed by atoms with Crippen LogP contribution in [0.15, 0.2) is 91.0 Å². The van der Waals surface area contributed by atoms with E-state index in [-0.39, 0.29) is 18.1 Å². The highest BCUT2D eigenvalue weighted by Gasteiger charge is 2.47. The summed E-state index contributed by atoms with van der Waals surface area (Å²) in [5, 5.41) is 19.3. The summed E-state index contributed by atoms with van der Waals surface area (Å²) < 4.78 is 0. The molecule has 1 saturated carbocycles. The third kappa shape index (κ3) is 6.37. The first-order valence-electron chi connectivity index (χ1n) is 14.7. The molecule has 0 spiro atoms. The van der Waals surface area contributed by atoms with Crippen LogP contribution in [-0.4, -0.2) is 41.2 Å². The number of hydrogen-bond acceptors (Lipinski definition) is 3. The van der Waals surface area contributed by atoms with Crippen molar-refractivity contribution in [3.8, 4) is 0 Å². The van der Waals surface area contributed by atoms with E-state index in [4.69, 9.17) is 0 Å². The van der Waals surface area contributed by atoms with Crippen LogP contribution in [0, 0.1) is 5.92 Å². The largest absolute Gasteiger partial charge is 0.378 e. The van der Waals surface area contributed by atoms with E-state index in [0.29, 0.717) is 18.5 Å². The highest BCUT2D eigenvalue weighted by molar-refractivity contribution is 5.75. The molecular formula is C34H43N3O2. The fourth-order valence-corrected chi connectivity index (χ4v) is 6.60. The molecular weight excluding hydrogens is 482 g/mol. The number of carbonyl (C=O) groups excluding carboxylic acids is 1. The smallest absolute Gasteiger partial charge is 0.317 e. The number of likely N-dealkylation sites (tertiary alicyclic amines) is 1. The molecule has 0 aromatic heterocycles. The SMILES string of the molecule is C[C@@H](NCC[C@H]1CC[C@H](NC(=O)N2CCC[C@@H]2C(O)(c2ccccc2)c2ccccc2)CC1)c1ccccc1. The second-order valence-corrected chi connectivity index (χ2v) is 11.4. The van der Waals surface area contributed by atoms with Crippen LogP contribution in [0.25, 0.3) is 0 Å². The van der Waals surface area contributed by atoms with Crippen LogP contribution in [0.3, 0.4) is 0 Å². The number of hydrogen-bond donors (Lipinski definition) is 3. The Kier molecular flexibility index (Phi) is 9.00. The summed E-state index contributed by atoms with van der Waals surface area (Å²) in [4.78, 5) is 15.5. The Labute approximate surface area is 233 Å². The number of nitrogens with zero attached hydrogens (tertiary/aromatic N) is 1. The van der Waals surface area contributed by atoms with Crippen molar-refractivity contribution in [2.75, 3.05) is 13.1 Å². The van der Waals surface area contributed by atoms with Gasteiger partial charge in [-0.2, -0.15) is 0 Å². The van der Waals surface area contributed by atoms with Gasteiger partial charge < -0.3 is 20.6 Å². The van der Waals surface area contributed by atoms with E-state index in [2.05, 4.69) is 47.9 Å². The highest BCUT2D eigenvalue weighted by atomic mass is 16.3. The van der Waals surface area contributed by atoms with Gasteiger partial charge in [-0.05, 0) is 81.0 Å². The van der Waals surface area contributed by atoms with Crippen LogP contribution in [0.1, 0.15) is 74.6 Å². The molecule has 5 nitrogen and oxygen atoms in total. The van der Waals surface area contributed by atoms with E-state index in [0.717, 1.165) is 56.2 Å². The van der Waals surface area contributed by atoms with Gasteiger partial charge in [0.2, 0.25) is 0 Å². The van der Waals surface area contributed by atoms with Gasteiger partial charge in [-0.1, -0.05) is 91.0 Å². The summed E-state index contributed by atoms with van der Waals surface area (Å²) >= 11 is 0. The van der Waals surface area contributed by atoms with Crippen molar-refractivity contribution >= 4 is 6.03 Å². The van der Waals surface area contributed by atoms with E-state index >= 15 is 0 Å². The molecule has 2 amide bonds. The predicted molar refractivity (Wildman–Crippen MR) is 157 cm³/mol. The molecule has 3 N–H and O–H groups in total. The van der Waals surface area contributed by atoms with E-state index in [9.17, 15) is 9.90 Å². The quantitative estimate of drug-likeness (QED) is 0.303. The molecule has 3 aromatic carbocycles. The summed E-state index contributed by atoms with van der Waals surface area (Å²) in [7, 11) is 0. The Bertz CT molecular complexity index is 1120. The van der Waals surface area contributed by atoms with Gasteiger partial charge in [0.05, 0.1) is 6.04 Å². The zero-order valence-corrected chi connectivity index (χ0v) is 23.1. The fourth-order valence-electron chi connectivity index (χ4n) is 6.60. The van der Waals surface area contributed by atoms with Crippen molar-refractivity contribution in [2.24, 2.45) is 5.92 Å². The van der Waals surface area contributed by atoms with Crippen LogP contribution in [-0.2, 0) is 5.60 Å². The van der Waals surface area contributed by atoms with Crippen LogP contribution in [0.5, 0.6) is 0 Å². The normalized spacial score (nSPS) is 22.4. The number of urea groups is 1. The molecule has 39 heavy (non-hydrogen) atoms. The predicted octanol–water partition coefficient (Wildman–Crippen LogP) is 6.40. The number of nitrogens with one attached hydrogen (secondary N) is 2. The van der Waals surface area contributed by atoms with Gasteiger partial charge in [-0.15, -0.1) is 0 Å². The molecule has 1 heterocycles. The number of aliphatic hydroxyl groups is 1. The molecule has 2 aliphatic rings. The second kappa shape index (κ2) is 12.8. The monoisotopic (exact) mass is 525 g/mol. The van der Waals surface area contributed by atoms with Gasteiger partial charge in [0.1, 0.15) is 5.60 Å². The lowest BCUT2D eigenvalue weighted by Gasteiger charge is -2.41. The number of amides is 2. The van der Waals surface area contributed by atoms with Crippen molar-refractivity contribution in [2.45, 2.75) is 75.6 Å². The van der Waals surface area contributed by atoms with Crippen LogP contribution in [0.2, 0.25) is 0 Å². The molecule has 1 aliphatic carbocycles. The fraction of sp³-hybridized carbons (Fsp3) is 0.441. The Morgan fingerprint density at radius 3 is 2.03 bits per heavy atom. The maximum absolute atomic E-state index is 13.6. The van der Waals surface area contributed by atoms with Gasteiger partial charge in [0.15, 0.2) is 0 Å². The molecule has 0 radical (unpaired) electrons. The highest BCUT2D eigenvalue weighted by Crippen LogP contribution is 2.40. The van der Waals surface area contributed by atoms with Crippen LogP contribution >= 0.6 is 0 Å². The standard InChI is InChI=1S/C34H43N3O2/c1-26(28-12-5-2-6-13-28)35-24-23-27-19-21-31(22-20-27)36-33(38)37-25-11-18-32(37)34(39,29-14-7-3-8-15-29)30-16-9-4-10-17-30/h2-10,12-17,26-27,31-32,35,39H,11,18-25H2,1H3,(H,36,38)/t26-,27-,31-,32-/m1/s1. The maximum Gasteiger partial charge on any atom is 0.317 e. The van der Waals surface area contributed by atoms with Gasteiger partial charge in [0.25, 0.3) is 0 Å². The Balaban J connectivity index is 1.16. The summed E-state index contributed by atoms with van der Waals surface area (Å²) in [6, 6.07) is 30.5. The molecule has 0 unspecified atom stereocenters. The number of benzene rings is 3. The van der Waals surface area contributed by atoms with Gasteiger partial charge in [-0.25, -0.2) is 4.79 Å². The molecule has 5 heteroatoms. The van der Waals surface area contributed by atoms with E-state index < -0.39 is 5.60 Å². The molecule has 1 saturated heterocycles. The van der Waals surface area contributed by atoms with E-state index in [1.54, 1.807) is 0 Å². The molecule has 5 rings (SSSR count). The molecule has 1 aliphatic heterocycles. The lowest BCUT2D eigenvalue weighted by molar-refractivity contribution is 0.00804. The average molecular weight is 526 g/mol. The number of rotatable bonds is 9. The maximum atomic E-state index is 13.6. The van der Waals surface area contributed by atoms with E-state index in [1.165, 1.54) is 12.0 Å².